The smallest absolute Gasteiger partial charge is 0.328 e. The van der Waals surface area contributed by atoms with Crippen LogP contribution in [0, 0.1) is 11.3 Å². The van der Waals surface area contributed by atoms with Crippen molar-refractivity contribution < 1.29 is 9.90 Å². The summed E-state index contributed by atoms with van der Waals surface area (Å²) in [6.45, 7) is 10.7. The van der Waals surface area contributed by atoms with E-state index in [0.29, 0.717) is 11.3 Å². The molecular weight excluding hydrogens is 212 g/mol. The molecule has 1 saturated carbocycles. The first-order valence-electron chi connectivity index (χ1n) is 6.40. The van der Waals surface area contributed by atoms with E-state index in [1.165, 1.54) is 24.5 Å². The first-order valence-corrected chi connectivity index (χ1v) is 6.40. The summed E-state index contributed by atoms with van der Waals surface area (Å²) in [6, 6.07) is 0. The van der Waals surface area contributed by atoms with E-state index in [4.69, 9.17) is 5.11 Å². The third-order valence-corrected chi connectivity index (χ3v) is 3.95. The Hall–Kier alpha value is -1.05. The van der Waals surface area contributed by atoms with Crippen molar-refractivity contribution in [3.8, 4) is 0 Å². The number of carboxylic acids is 1. The Kier molecular flexibility index (Phi) is 4.55. The van der Waals surface area contributed by atoms with Crippen LogP contribution in [0.25, 0.3) is 0 Å². The summed E-state index contributed by atoms with van der Waals surface area (Å²) in [5, 5.41) is 8.68. The van der Waals surface area contributed by atoms with Gasteiger partial charge in [-0.25, -0.2) is 4.79 Å². The number of carboxylic acid groups (broad SMARTS) is 1. The highest BCUT2D eigenvalue weighted by Gasteiger charge is 2.33. The molecule has 0 amide bonds. The Balaban J connectivity index is 2.60. The molecule has 1 atom stereocenters. The van der Waals surface area contributed by atoms with Crippen LogP contribution in [0.15, 0.2) is 23.8 Å². The molecule has 0 aromatic carbocycles. The van der Waals surface area contributed by atoms with Crippen LogP contribution in [0.1, 0.15) is 52.9 Å². The average Bonchev–Trinajstić information content (AvgIpc) is 2.14. The molecule has 0 bridgehead atoms. The van der Waals surface area contributed by atoms with Crippen molar-refractivity contribution in [2.24, 2.45) is 11.3 Å². The van der Waals surface area contributed by atoms with Crippen molar-refractivity contribution >= 4 is 5.97 Å². The number of allylic oxidation sites excluding steroid dienone is 2. The summed E-state index contributed by atoms with van der Waals surface area (Å²) in [7, 11) is 0. The molecule has 2 nitrogen and oxygen atoms in total. The van der Waals surface area contributed by atoms with Gasteiger partial charge in [-0.2, -0.15) is 0 Å². The van der Waals surface area contributed by atoms with Crippen LogP contribution in [0.5, 0.6) is 0 Å². The molecule has 1 fully saturated rings. The van der Waals surface area contributed by atoms with Gasteiger partial charge in [-0.1, -0.05) is 31.6 Å². The highest BCUT2D eigenvalue weighted by Crippen LogP contribution is 2.45. The molecule has 0 spiro atoms. The van der Waals surface area contributed by atoms with E-state index in [2.05, 4.69) is 20.4 Å². The Morgan fingerprint density at radius 1 is 1.59 bits per heavy atom. The lowest BCUT2D eigenvalue weighted by molar-refractivity contribution is -0.131. The van der Waals surface area contributed by atoms with Crippen molar-refractivity contribution in [3.05, 3.63) is 23.8 Å². The molecule has 96 valence electrons. The molecule has 0 heterocycles. The molecule has 0 aromatic rings. The SMILES string of the molecule is C=C1CCCC(C)(C)C1CC/C(C)=C/C(=O)O. The maximum Gasteiger partial charge on any atom is 0.328 e. The van der Waals surface area contributed by atoms with Crippen molar-refractivity contribution in [1.82, 2.24) is 0 Å². The molecule has 1 rings (SSSR count). The molecule has 0 aromatic heterocycles. The normalized spacial score (nSPS) is 24.8. The Morgan fingerprint density at radius 2 is 2.24 bits per heavy atom. The number of carbonyl (C=O) groups is 1. The zero-order valence-corrected chi connectivity index (χ0v) is 11.3. The van der Waals surface area contributed by atoms with Crippen molar-refractivity contribution in [2.45, 2.75) is 52.9 Å². The van der Waals surface area contributed by atoms with E-state index in [9.17, 15) is 4.79 Å². The van der Waals surface area contributed by atoms with Crippen LogP contribution in [0.3, 0.4) is 0 Å². The molecule has 1 aliphatic carbocycles. The van der Waals surface area contributed by atoms with Gasteiger partial charge in [-0.3, -0.25) is 0 Å². The number of aliphatic carboxylic acids is 1. The predicted molar refractivity (Wildman–Crippen MR) is 70.9 cm³/mol. The summed E-state index contributed by atoms with van der Waals surface area (Å²) in [4.78, 5) is 10.6. The van der Waals surface area contributed by atoms with Gasteiger partial charge in [0.1, 0.15) is 0 Å². The second-order valence-electron chi connectivity index (χ2n) is 5.92. The van der Waals surface area contributed by atoms with Gasteiger partial charge in [0.25, 0.3) is 0 Å². The lowest BCUT2D eigenvalue weighted by atomic mass is 9.65. The van der Waals surface area contributed by atoms with E-state index in [1.807, 2.05) is 6.92 Å². The zero-order chi connectivity index (χ0) is 13.1. The number of hydrogen-bond acceptors (Lipinski definition) is 1. The second kappa shape index (κ2) is 5.52. The lowest BCUT2D eigenvalue weighted by Crippen LogP contribution is -2.29. The maximum absolute atomic E-state index is 10.6. The van der Waals surface area contributed by atoms with Crippen molar-refractivity contribution in [2.75, 3.05) is 0 Å². The van der Waals surface area contributed by atoms with Gasteiger partial charge in [-0.15, -0.1) is 0 Å². The second-order valence-corrected chi connectivity index (χ2v) is 5.92. The first-order chi connectivity index (χ1) is 7.83. The minimum Gasteiger partial charge on any atom is -0.478 e. The molecule has 1 unspecified atom stereocenters. The average molecular weight is 236 g/mol. The van der Waals surface area contributed by atoms with Gasteiger partial charge >= 0.3 is 5.97 Å². The third kappa shape index (κ3) is 4.03. The summed E-state index contributed by atoms with van der Waals surface area (Å²) in [6.07, 6.45) is 6.83. The van der Waals surface area contributed by atoms with Gasteiger partial charge < -0.3 is 5.11 Å². The van der Waals surface area contributed by atoms with E-state index < -0.39 is 5.97 Å². The summed E-state index contributed by atoms with van der Waals surface area (Å²) in [5.74, 6) is -0.308. The number of hydrogen-bond donors (Lipinski definition) is 1. The van der Waals surface area contributed by atoms with Gasteiger partial charge in [-0.05, 0) is 50.4 Å². The standard InChI is InChI=1S/C15H24O2/c1-11(10-14(16)17)7-8-13-12(2)6-5-9-15(13,3)4/h10,13H,2,5-9H2,1,3-4H3,(H,16,17)/b11-10+. The van der Waals surface area contributed by atoms with Gasteiger partial charge in [0.2, 0.25) is 0 Å². The van der Waals surface area contributed by atoms with E-state index in [-0.39, 0.29) is 0 Å². The minimum absolute atomic E-state index is 0.318. The van der Waals surface area contributed by atoms with Crippen molar-refractivity contribution in [1.29, 1.82) is 0 Å². The van der Waals surface area contributed by atoms with Crippen LogP contribution in [-0.2, 0) is 4.79 Å². The molecule has 0 aliphatic heterocycles. The third-order valence-electron chi connectivity index (χ3n) is 3.95. The maximum atomic E-state index is 10.6. The Morgan fingerprint density at radius 3 is 2.76 bits per heavy atom. The highest BCUT2D eigenvalue weighted by atomic mass is 16.4. The fourth-order valence-corrected chi connectivity index (χ4v) is 2.92. The van der Waals surface area contributed by atoms with Crippen LogP contribution < -0.4 is 0 Å². The lowest BCUT2D eigenvalue weighted by Gasteiger charge is -2.40. The molecular formula is C15H24O2. The minimum atomic E-state index is -0.843. The highest BCUT2D eigenvalue weighted by molar-refractivity contribution is 5.80. The Labute approximate surface area is 104 Å². The molecule has 2 heteroatoms. The Bertz CT molecular complexity index is 337. The largest absolute Gasteiger partial charge is 0.478 e. The van der Waals surface area contributed by atoms with Gasteiger partial charge in [0.15, 0.2) is 0 Å². The van der Waals surface area contributed by atoms with E-state index in [0.717, 1.165) is 24.8 Å². The van der Waals surface area contributed by atoms with Gasteiger partial charge in [0.05, 0.1) is 0 Å². The molecule has 1 aliphatic rings. The topological polar surface area (TPSA) is 37.3 Å². The summed E-state index contributed by atoms with van der Waals surface area (Å²) < 4.78 is 0. The molecule has 17 heavy (non-hydrogen) atoms. The monoisotopic (exact) mass is 236 g/mol. The summed E-state index contributed by atoms with van der Waals surface area (Å²) >= 11 is 0. The van der Waals surface area contributed by atoms with E-state index in [1.54, 1.807) is 0 Å². The van der Waals surface area contributed by atoms with Crippen LogP contribution in [0.4, 0.5) is 0 Å². The number of rotatable bonds is 4. The molecule has 0 radical (unpaired) electrons. The fourth-order valence-electron chi connectivity index (χ4n) is 2.92. The van der Waals surface area contributed by atoms with E-state index >= 15 is 0 Å². The molecule has 0 saturated heterocycles. The summed E-state index contributed by atoms with van der Waals surface area (Å²) in [5.41, 5.74) is 2.62. The zero-order valence-electron chi connectivity index (χ0n) is 11.3. The fraction of sp³-hybridized carbons (Fsp3) is 0.667. The molecule has 1 N–H and O–H groups in total. The van der Waals surface area contributed by atoms with Crippen LogP contribution in [0.2, 0.25) is 0 Å². The van der Waals surface area contributed by atoms with Gasteiger partial charge in [0, 0.05) is 6.08 Å². The van der Waals surface area contributed by atoms with Crippen LogP contribution >= 0.6 is 0 Å². The quantitative estimate of drug-likeness (QED) is 0.587. The predicted octanol–water partition coefficient (Wildman–Crippen LogP) is 4.18. The van der Waals surface area contributed by atoms with Crippen LogP contribution in [-0.4, -0.2) is 11.1 Å². The van der Waals surface area contributed by atoms with Crippen molar-refractivity contribution in [3.63, 3.8) is 0 Å². The first kappa shape index (κ1) is 14.0.